The molecule has 0 saturated carbocycles. The quantitative estimate of drug-likeness (QED) is 0.536. The zero-order valence-electron chi connectivity index (χ0n) is 7.65. The summed E-state index contributed by atoms with van der Waals surface area (Å²) in [5.74, 6) is 0. The first-order valence-corrected chi connectivity index (χ1v) is 3.78. The van der Waals surface area contributed by atoms with Crippen LogP contribution in [0.25, 0.3) is 0 Å². The molecule has 0 heteroatoms. The van der Waals surface area contributed by atoms with Crippen LogP contribution in [0.5, 0.6) is 0 Å². The fourth-order valence-corrected chi connectivity index (χ4v) is 0.932. The van der Waals surface area contributed by atoms with E-state index < -0.39 is 0 Å². The third-order valence-electron chi connectivity index (χ3n) is 1.74. The first-order valence-electron chi connectivity index (χ1n) is 3.78. The Balaban J connectivity index is 4.71. The van der Waals surface area contributed by atoms with Gasteiger partial charge in [-0.2, -0.15) is 0 Å². The van der Waals surface area contributed by atoms with Gasteiger partial charge >= 0.3 is 0 Å². The number of allylic oxidation sites excluding steroid dienone is 6. The van der Waals surface area contributed by atoms with Gasteiger partial charge in [0.05, 0.1) is 0 Å². The van der Waals surface area contributed by atoms with Crippen LogP contribution in [0.2, 0.25) is 0 Å². The van der Waals surface area contributed by atoms with Crippen LogP contribution in [0.1, 0.15) is 20.8 Å². The van der Waals surface area contributed by atoms with Gasteiger partial charge in [-0.15, -0.1) is 0 Å². The molecule has 0 spiro atoms. The van der Waals surface area contributed by atoms with Crippen molar-refractivity contribution in [1.29, 1.82) is 0 Å². The van der Waals surface area contributed by atoms with E-state index in [2.05, 4.69) is 32.2 Å². The topological polar surface area (TPSA) is 0 Å². The maximum atomic E-state index is 3.89. The van der Waals surface area contributed by atoms with Crippen LogP contribution < -0.4 is 0 Å². The fraction of sp³-hybridized carbons (Fsp3) is 0.273. The molecule has 0 bridgehead atoms. The minimum Gasteiger partial charge on any atom is -0.0985 e. The van der Waals surface area contributed by atoms with Crippen molar-refractivity contribution >= 4 is 0 Å². The van der Waals surface area contributed by atoms with Crippen LogP contribution in [-0.2, 0) is 0 Å². The van der Waals surface area contributed by atoms with E-state index in [4.69, 9.17) is 0 Å². The standard InChI is InChI=1S/C11H16/c1-6-9(4)11(8-3)10(5)7-2/h6-8H,1,4H2,2-3,5H3/b10-7+,11-8?. The van der Waals surface area contributed by atoms with E-state index in [0.29, 0.717) is 0 Å². The summed E-state index contributed by atoms with van der Waals surface area (Å²) in [5, 5.41) is 0. The molecular formula is C11H16. The Morgan fingerprint density at radius 3 is 2.00 bits per heavy atom. The second-order valence-electron chi connectivity index (χ2n) is 2.40. The zero-order valence-corrected chi connectivity index (χ0v) is 7.65. The van der Waals surface area contributed by atoms with E-state index >= 15 is 0 Å². The molecule has 11 heavy (non-hydrogen) atoms. The molecule has 0 atom stereocenters. The van der Waals surface area contributed by atoms with Gasteiger partial charge < -0.3 is 0 Å². The zero-order chi connectivity index (χ0) is 8.85. The second-order valence-corrected chi connectivity index (χ2v) is 2.40. The van der Waals surface area contributed by atoms with Crippen LogP contribution in [0, 0.1) is 0 Å². The van der Waals surface area contributed by atoms with Crippen molar-refractivity contribution in [1.82, 2.24) is 0 Å². The smallest absolute Gasteiger partial charge is 0.0207 e. The molecule has 0 aliphatic heterocycles. The van der Waals surface area contributed by atoms with Crippen LogP contribution in [0.15, 0.2) is 48.1 Å². The predicted octanol–water partition coefficient (Wildman–Crippen LogP) is 3.64. The maximum absolute atomic E-state index is 3.89. The molecule has 0 amide bonds. The lowest BCUT2D eigenvalue weighted by atomic mass is 10.0. The maximum Gasteiger partial charge on any atom is -0.0207 e. The second kappa shape index (κ2) is 4.73. The molecule has 0 N–H and O–H groups in total. The van der Waals surface area contributed by atoms with Crippen molar-refractivity contribution in [2.75, 3.05) is 0 Å². The Morgan fingerprint density at radius 2 is 1.73 bits per heavy atom. The first kappa shape index (κ1) is 9.96. The fourth-order valence-electron chi connectivity index (χ4n) is 0.932. The molecule has 0 radical (unpaired) electrons. The van der Waals surface area contributed by atoms with Crippen molar-refractivity contribution in [2.24, 2.45) is 0 Å². The SMILES string of the molecule is C=CC(=C)C(=CC)/C(C)=C/C. The molecule has 0 fully saturated rings. The van der Waals surface area contributed by atoms with Crippen molar-refractivity contribution in [3.63, 3.8) is 0 Å². The molecule has 0 aliphatic rings. The van der Waals surface area contributed by atoms with Gasteiger partial charge in [-0.25, -0.2) is 0 Å². The minimum absolute atomic E-state index is 0.989. The molecular weight excluding hydrogens is 132 g/mol. The predicted molar refractivity (Wildman–Crippen MR) is 52.5 cm³/mol. The molecule has 0 aromatic heterocycles. The third-order valence-corrected chi connectivity index (χ3v) is 1.74. The van der Waals surface area contributed by atoms with Crippen molar-refractivity contribution in [2.45, 2.75) is 20.8 Å². The highest BCUT2D eigenvalue weighted by Crippen LogP contribution is 2.17. The van der Waals surface area contributed by atoms with Gasteiger partial charge in [0, 0.05) is 0 Å². The average Bonchev–Trinajstić information content (AvgIpc) is 2.05. The van der Waals surface area contributed by atoms with Gasteiger partial charge in [-0.1, -0.05) is 31.4 Å². The highest BCUT2D eigenvalue weighted by molar-refractivity contribution is 5.48. The summed E-state index contributed by atoms with van der Waals surface area (Å²) in [7, 11) is 0. The Kier molecular flexibility index (Phi) is 4.28. The van der Waals surface area contributed by atoms with Crippen molar-refractivity contribution in [3.8, 4) is 0 Å². The van der Waals surface area contributed by atoms with E-state index in [0.717, 1.165) is 5.57 Å². The van der Waals surface area contributed by atoms with E-state index in [9.17, 15) is 0 Å². The van der Waals surface area contributed by atoms with E-state index in [-0.39, 0.29) is 0 Å². The van der Waals surface area contributed by atoms with Crippen molar-refractivity contribution in [3.05, 3.63) is 48.1 Å². The molecule has 0 heterocycles. The van der Waals surface area contributed by atoms with Gasteiger partial charge in [0.1, 0.15) is 0 Å². The molecule has 0 saturated heterocycles. The third kappa shape index (κ3) is 2.58. The molecule has 0 unspecified atom stereocenters. The molecule has 0 aromatic rings. The van der Waals surface area contributed by atoms with Crippen LogP contribution in [0.3, 0.4) is 0 Å². The average molecular weight is 148 g/mol. The monoisotopic (exact) mass is 148 g/mol. The number of hydrogen-bond acceptors (Lipinski definition) is 0. The van der Waals surface area contributed by atoms with Gasteiger partial charge in [0.2, 0.25) is 0 Å². The summed E-state index contributed by atoms with van der Waals surface area (Å²) in [5.41, 5.74) is 3.42. The summed E-state index contributed by atoms with van der Waals surface area (Å²) in [6, 6.07) is 0. The Bertz CT molecular complexity index is 210. The normalized spacial score (nSPS) is 13.0. The van der Waals surface area contributed by atoms with Gasteiger partial charge in [-0.3, -0.25) is 0 Å². The number of rotatable bonds is 3. The molecule has 60 valence electrons. The van der Waals surface area contributed by atoms with Crippen molar-refractivity contribution < 1.29 is 0 Å². The Hall–Kier alpha value is -1.04. The Morgan fingerprint density at radius 1 is 1.18 bits per heavy atom. The summed E-state index contributed by atoms with van der Waals surface area (Å²) in [6.45, 7) is 13.7. The number of hydrogen-bond donors (Lipinski definition) is 0. The lowest BCUT2D eigenvalue weighted by Crippen LogP contribution is -1.86. The minimum atomic E-state index is 0.989. The summed E-state index contributed by atoms with van der Waals surface area (Å²) < 4.78 is 0. The van der Waals surface area contributed by atoms with Crippen LogP contribution in [-0.4, -0.2) is 0 Å². The summed E-state index contributed by atoms with van der Waals surface area (Å²) in [6.07, 6.45) is 5.91. The largest absolute Gasteiger partial charge is 0.0985 e. The molecule has 0 nitrogen and oxygen atoms in total. The molecule has 0 aliphatic carbocycles. The van der Waals surface area contributed by atoms with Gasteiger partial charge in [0.25, 0.3) is 0 Å². The highest BCUT2D eigenvalue weighted by atomic mass is 14.0. The van der Waals surface area contributed by atoms with Gasteiger partial charge in [-0.05, 0) is 37.5 Å². The lowest BCUT2D eigenvalue weighted by molar-refractivity contribution is 1.35. The van der Waals surface area contributed by atoms with Crippen LogP contribution in [0.4, 0.5) is 0 Å². The van der Waals surface area contributed by atoms with E-state index in [1.807, 2.05) is 13.8 Å². The Labute approximate surface area is 69.6 Å². The molecule has 0 aromatic carbocycles. The summed E-state index contributed by atoms with van der Waals surface area (Å²) >= 11 is 0. The van der Waals surface area contributed by atoms with E-state index in [1.165, 1.54) is 11.1 Å². The van der Waals surface area contributed by atoms with Gasteiger partial charge in [0.15, 0.2) is 0 Å². The highest BCUT2D eigenvalue weighted by Gasteiger charge is 1.98. The van der Waals surface area contributed by atoms with Crippen LogP contribution >= 0.6 is 0 Å². The summed E-state index contributed by atoms with van der Waals surface area (Å²) in [4.78, 5) is 0. The van der Waals surface area contributed by atoms with E-state index in [1.54, 1.807) is 6.08 Å². The first-order chi connectivity index (χ1) is 5.17. The lowest BCUT2D eigenvalue weighted by Gasteiger charge is -2.05. The molecule has 0 rings (SSSR count).